The van der Waals surface area contributed by atoms with Crippen molar-refractivity contribution >= 4 is 28.7 Å². The Labute approximate surface area is 197 Å². The molecule has 166 valence electrons. The Bertz CT molecular complexity index is 1230. The Kier molecular flexibility index (Phi) is 7.05. The third-order valence-electron chi connectivity index (χ3n) is 5.19. The SMILES string of the molecule is Cc1ccc(C(=O)CC(=S)NC2=CC(c3ccc(OCc4ccccc4)cc3F)=NC2)cc1. The highest BCUT2D eigenvalue weighted by molar-refractivity contribution is 7.80. The van der Waals surface area contributed by atoms with E-state index in [2.05, 4.69) is 10.3 Å². The smallest absolute Gasteiger partial charge is 0.169 e. The molecule has 1 N–H and O–H groups in total. The third kappa shape index (κ3) is 5.99. The van der Waals surface area contributed by atoms with E-state index in [4.69, 9.17) is 17.0 Å². The Morgan fingerprint density at radius 1 is 1.09 bits per heavy atom. The lowest BCUT2D eigenvalue weighted by molar-refractivity contribution is 0.100. The maximum Gasteiger partial charge on any atom is 0.169 e. The fraction of sp³-hybridized carbons (Fsp3) is 0.148. The van der Waals surface area contributed by atoms with Crippen molar-refractivity contribution in [1.82, 2.24) is 5.32 Å². The monoisotopic (exact) mass is 458 g/mol. The largest absolute Gasteiger partial charge is 0.489 e. The Hall–Kier alpha value is -3.64. The van der Waals surface area contributed by atoms with Crippen molar-refractivity contribution in [2.45, 2.75) is 20.0 Å². The van der Waals surface area contributed by atoms with Crippen LogP contribution in [0.25, 0.3) is 0 Å². The number of benzene rings is 3. The van der Waals surface area contributed by atoms with Crippen LogP contribution in [0.15, 0.2) is 89.6 Å². The molecule has 0 spiro atoms. The quantitative estimate of drug-likeness (QED) is 0.353. The number of hydrogen-bond donors (Lipinski definition) is 1. The molecule has 0 radical (unpaired) electrons. The number of halogens is 1. The van der Waals surface area contributed by atoms with Crippen molar-refractivity contribution in [3.05, 3.63) is 113 Å². The van der Waals surface area contributed by atoms with Gasteiger partial charge in [0.2, 0.25) is 0 Å². The number of carbonyl (C=O) groups is 1. The first kappa shape index (κ1) is 22.6. The molecule has 6 heteroatoms. The minimum Gasteiger partial charge on any atom is -0.489 e. The van der Waals surface area contributed by atoms with Gasteiger partial charge in [0.15, 0.2) is 5.78 Å². The molecule has 0 amide bonds. The van der Waals surface area contributed by atoms with Crippen molar-refractivity contribution in [2.75, 3.05) is 6.54 Å². The molecule has 0 fully saturated rings. The number of ether oxygens (including phenoxy) is 1. The first-order valence-electron chi connectivity index (χ1n) is 10.6. The molecule has 1 aliphatic heterocycles. The normalized spacial score (nSPS) is 12.7. The number of hydrogen-bond acceptors (Lipinski definition) is 4. The molecule has 33 heavy (non-hydrogen) atoms. The van der Waals surface area contributed by atoms with E-state index in [1.165, 1.54) is 6.07 Å². The molecule has 0 saturated carbocycles. The summed E-state index contributed by atoms with van der Waals surface area (Å²) < 4.78 is 20.4. The molecule has 0 aliphatic carbocycles. The first-order valence-corrected chi connectivity index (χ1v) is 11.0. The fourth-order valence-electron chi connectivity index (χ4n) is 3.41. The number of ketones is 1. The minimum absolute atomic E-state index is 0.0515. The van der Waals surface area contributed by atoms with Crippen molar-refractivity contribution in [3.63, 3.8) is 0 Å². The van der Waals surface area contributed by atoms with Gasteiger partial charge in [-0.1, -0.05) is 72.4 Å². The van der Waals surface area contributed by atoms with E-state index in [-0.39, 0.29) is 12.2 Å². The second-order valence-electron chi connectivity index (χ2n) is 7.80. The summed E-state index contributed by atoms with van der Waals surface area (Å²) in [6, 6.07) is 21.9. The summed E-state index contributed by atoms with van der Waals surface area (Å²) in [4.78, 5) is 17.2. The van der Waals surface area contributed by atoms with Gasteiger partial charge in [-0.05, 0) is 30.7 Å². The summed E-state index contributed by atoms with van der Waals surface area (Å²) >= 11 is 5.35. The highest BCUT2D eigenvalue weighted by Gasteiger charge is 2.17. The lowest BCUT2D eigenvalue weighted by atomic mass is 10.1. The molecule has 3 aromatic rings. The van der Waals surface area contributed by atoms with Gasteiger partial charge < -0.3 is 10.1 Å². The Morgan fingerprint density at radius 2 is 1.85 bits per heavy atom. The average molecular weight is 459 g/mol. The van der Waals surface area contributed by atoms with E-state index in [1.807, 2.05) is 49.4 Å². The van der Waals surface area contributed by atoms with Crippen LogP contribution in [0.2, 0.25) is 0 Å². The second kappa shape index (κ2) is 10.3. The molecule has 1 heterocycles. The predicted molar refractivity (Wildman–Crippen MR) is 133 cm³/mol. The molecule has 0 atom stereocenters. The molecule has 0 bridgehead atoms. The highest BCUT2D eigenvalue weighted by Crippen LogP contribution is 2.21. The van der Waals surface area contributed by atoms with E-state index in [0.717, 1.165) is 16.8 Å². The van der Waals surface area contributed by atoms with Crippen molar-refractivity contribution < 1.29 is 13.9 Å². The lowest BCUT2D eigenvalue weighted by Crippen LogP contribution is -2.24. The molecule has 0 unspecified atom stereocenters. The van der Waals surface area contributed by atoms with Crippen LogP contribution < -0.4 is 10.1 Å². The number of nitrogens with zero attached hydrogens (tertiary/aromatic N) is 1. The van der Waals surface area contributed by atoms with Crippen LogP contribution in [0.4, 0.5) is 4.39 Å². The zero-order chi connectivity index (χ0) is 23.2. The number of allylic oxidation sites excluding steroid dienone is 1. The van der Waals surface area contributed by atoms with Gasteiger partial charge in [0.05, 0.1) is 23.7 Å². The summed E-state index contributed by atoms with van der Waals surface area (Å²) in [6.07, 6.45) is 1.86. The Balaban J connectivity index is 1.34. The van der Waals surface area contributed by atoms with Crippen LogP contribution in [0.1, 0.15) is 33.5 Å². The minimum atomic E-state index is -0.408. The second-order valence-corrected chi connectivity index (χ2v) is 8.29. The topological polar surface area (TPSA) is 50.7 Å². The number of Topliss-reactive ketones (excluding diaryl/α,β-unsaturated/α-hetero) is 1. The molecular weight excluding hydrogens is 435 g/mol. The highest BCUT2D eigenvalue weighted by atomic mass is 32.1. The standard InChI is InChI=1S/C27H23FN2O2S/c1-18-7-9-20(10-8-18)26(31)15-27(33)30-21-13-25(29-16-21)23-12-11-22(14-24(23)28)32-17-19-5-3-2-4-6-19/h2-14H,15-17H2,1H3,(H,30,33). The van der Waals surface area contributed by atoms with Gasteiger partial charge in [-0.15, -0.1) is 0 Å². The molecule has 0 aromatic heterocycles. The zero-order valence-electron chi connectivity index (χ0n) is 18.2. The van der Waals surface area contributed by atoms with Gasteiger partial charge >= 0.3 is 0 Å². The van der Waals surface area contributed by atoms with Gasteiger partial charge in [0.25, 0.3) is 0 Å². The van der Waals surface area contributed by atoms with Gasteiger partial charge in [-0.25, -0.2) is 4.39 Å². The van der Waals surface area contributed by atoms with E-state index < -0.39 is 5.82 Å². The summed E-state index contributed by atoms with van der Waals surface area (Å²) in [7, 11) is 0. The number of carbonyl (C=O) groups excluding carboxylic acids is 1. The van der Waals surface area contributed by atoms with E-state index >= 15 is 0 Å². The Morgan fingerprint density at radius 3 is 2.58 bits per heavy atom. The van der Waals surface area contributed by atoms with Crippen LogP contribution in [-0.4, -0.2) is 23.0 Å². The number of aliphatic imine (C=N–C) groups is 1. The van der Waals surface area contributed by atoms with Crippen LogP contribution >= 0.6 is 12.2 Å². The maximum absolute atomic E-state index is 14.7. The van der Waals surface area contributed by atoms with Crippen LogP contribution in [0.3, 0.4) is 0 Å². The van der Waals surface area contributed by atoms with Gasteiger partial charge in [-0.2, -0.15) is 0 Å². The van der Waals surface area contributed by atoms with Crippen LogP contribution in [-0.2, 0) is 6.61 Å². The maximum atomic E-state index is 14.7. The van der Waals surface area contributed by atoms with Crippen molar-refractivity contribution in [3.8, 4) is 5.75 Å². The van der Waals surface area contributed by atoms with Crippen LogP contribution in [0, 0.1) is 12.7 Å². The number of thiocarbonyl (C=S) groups is 1. The summed E-state index contributed by atoms with van der Waals surface area (Å²) in [5.41, 5.74) is 4.38. The summed E-state index contributed by atoms with van der Waals surface area (Å²) in [6.45, 7) is 2.69. The lowest BCUT2D eigenvalue weighted by Gasteiger charge is -2.08. The molecular formula is C27H23FN2O2S. The average Bonchev–Trinajstić information content (AvgIpc) is 3.26. The van der Waals surface area contributed by atoms with Crippen LogP contribution in [0.5, 0.6) is 5.75 Å². The van der Waals surface area contributed by atoms with Gasteiger partial charge in [0, 0.05) is 22.9 Å². The number of nitrogens with one attached hydrogen (secondary N) is 1. The third-order valence-corrected chi connectivity index (χ3v) is 5.44. The molecule has 3 aromatic carbocycles. The van der Waals surface area contributed by atoms with Crippen molar-refractivity contribution in [2.24, 2.45) is 4.99 Å². The van der Waals surface area contributed by atoms with Gasteiger partial charge in [0.1, 0.15) is 18.2 Å². The number of rotatable bonds is 8. The fourth-order valence-corrected chi connectivity index (χ4v) is 3.67. The first-order chi connectivity index (χ1) is 16.0. The molecule has 4 nitrogen and oxygen atoms in total. The van der Waals surface area contributed by atoms with Gasteiger partial charge in [-0.3, -0.25) is 9.79 Å². The number of aryl methyl sites for hydroxylation is 1. The predicted octanol–water partition coefficient (Wildman–Crippen LogP) is 5.59. The van der Waals surface area contributed by atoms with E-state index in [0.29, 0.717) is 40.7 Å². The van der Waals surface area contributed by atoms with E-state index in [1.54, 1.807) is 30.3 Å². The van der Waals surface area contributed by atoms with E-state index in [9.17, 15) is 9.18 Å². The zero-order valence-corrected chi connectivity index (χ0v) is 19.0. The van der Waals surface area contributed by atoms with Crippen molar-refractivity contribution in [1.29, 1.82) is 0 Å². The molecule has 4 rings (SSSR count). The summed E-state index contributed by atoms with van der Waals surface area (Å²) in [5, 5.41) is 3.07. The molecule has 0 saturated heterocycles. The summed E-state index contributed by atoms with van der Waals surface area (Å²) in [5.74, 6) is -0.00450. The molecule has 1 aliphatic rings.